The number of aromatic nitrogens is 1. The van der Waals surface area contributed by atoms with Gasteiger partial charge in [0.15, 0.2) is 5.78 Å². The first kappa shape index (κ1) is 12.2. The number of aryl methyl sites for hydroxylation is 2. The number of ketones is 1. The molecule has 0 fully saturated rings. The van der Waals surface area contributed by atoms with E-state index in [9.17, 15) is 4.79 Å². The molecular weight excluding hydrogens is 234 g/mol. The Hall–Kier alpha value is -1.28. The van der Waals surface area contributed by atoms with Crippen molar-refractivity contribution in [2.75, 3.05) is 0 Å². The second-order valence-electron chi connectivity index (χ2n) is 4.39. The predicted octanol–water partition coefficient (Wildman–Crippen LogP) is 4.22. The summed E-state index contributed by atoms with van der Waals surface area (Å²) in [5.41, 5.74) is 2.89. The van der Waals surface area contributed by atoms with Gasteiger partial charge >= 0.3 is 0 Å². The number of benzene rings is 1. The highest BCUT2D eigenvalue weighted by molar-refractivity contribution is 6.35. The molecule has 90 valence electrons. The van der Waals surface area contributed by atoms with Gasteiger partial charge in [-0.2, -0.15) is 0 Å². The molecule has 0 aliphatic rings. The maximum Gasteiger partial charge on any atom is 0.163 e. The molecule has 0 unspecified atom stereocenters. The van der Waals surface area contributed by atoms with E-state index in [2.05, 4.69) is 13.0 Å². The molecule has 2 nitrogen and oxygen atoms in total. The van der Waals surface area contributed by atoms with Crippen LogP contribution in [0.15, 0.2) is 18.2 Å². The molecule has 0 N–H and O–H groups in total. The van der Waals surface area contributed by atoms with Crippen LogP contribution in [0.2, 0.25) is 5.15 Å². The van der Waals surface area contributed by atoms with E-state index in [1.54, 1.807) is 6.92 Å². The molecule has 1 heterocycles. The van der Waals surface area contributed by atoms with Gasteiger partial charge in [0.05, 0.1) is 11.1 Å². The van der Waals surface area contributed by atoms with Gasteiger partial charge in [-0.1, -0.05) is 30.7 Å². The van der Waals surface area contributed by atoms with E-state index in [4.69, 9.17) is 11.6 Å². The Bertz CT molecular complexity index is 583. The van der Waals surface area contributed by atoms with Crippen molar-refractivity contribution in [2.24, 2.45) is 0 Å². The molecule has 1 aromatic heterocycles. The summed E-state index contributed by atoms with van der Waals surface area (Å²) in [6, 6.07) is 6.09. The van der Waals surface area contributed by atoms with E-state index in [0.29, 0.717) is 10.7 Å². The molecule has 3 heteroatoms. The molecule has 0 saturated heterocycles. The number of Topliss-reactive ketones (excluding diaryl/α,β-unsaturated/α-hetero) is 1. The van der Waals surface area contributed by atoms with Gasteiger partial charge in [-0.05, 0) is 31.9 Å². The second kappa shape index (κ2) is 4.53. The second-order valence-corrected chi connectivity index (χ2v) is 4.75. The summed E-state index contributed by atoms with van der Waals surface area (Å²) in [4.78, 5) is 11.7. The van der Waals surface area contributed by atoms with E-state index in [0.717, 1.165) is 23.9 Å². The number of carbonyl (C=O) groups is 1. The molecule has 1 aromatic carbocycles. The fourth-order valence-electron chi connectivity index (χ4n) is 2.21. The lowest BCUT2D eigenvalue weighted by Crippen LogP contribution is -1.98. The normalized spacial score (nSPS) is 11.1. The SMILES string of the molecule is CCCn1c(Cl)c(C(C)=O)c2ccc(C)cc21. The van der Waals surface area contributed by atoms with Crippen molar-refractivity contribution in [2.45, 2.75) is 33.7 Å². The Labute approximate surface area is 106 Å². The molecule has 0 saturated carbocycles. The molecular formula is C14H16ClNO. The van der Waals surface area contributed by atoms with Crippen LogP contribution in [0.4, 0.5) is 0 Å². The first-order valence-electron chi connectivity index (χ1n) is 5.85. The van der Waals surface area contributed by atoms with Crippen molar-refractivity contribution in [3.05, 3.63) is 34.5 Å². The molecule has 0 bridgehead atoms. The minimum Gasteiger partial charge on any atom is -0.331 e. The fourth-order valence-corrected chi connectivity index (χ4v) is 2.62. The Kier molecular flexibility index (Phi) is 3.25. The Morgan fingerprint density at radius 2 is 2.12 bits per heavy atom. The summed E-state index contributed by atoms with van der Waals surface area (Å²) in [6.07, 6.45) is 0.995. The highest BCUT2D eigenvalue weighted by Gasteiger charge is 2.18. The van der Waals surface area contributed by atoms with Crippen LogP contribution in [0.1, 0.15) is 36.2 Å². The third-order valence-electron chi connectivity index (χ3n) is 2.96. The number of nitrogens with zero attached hydrogens (tertiary/aromatic N) is 1. The van der Waals surface area contributed by atoms with Gasteiger partial charge in [0, 0.05) is 11.9 Å². The van der Waals surface area contributed by atoms with Gasteiger partial charge in [0.25, 0.3) is 0 Å². The maximum absolute atomic E-state index is 11.7. The van der Waals surface area contributed by atoms with Gasteiger partial charge in [0.2, 0.25) is 0 Å². The van der Waals surface area contributed by atoms with E-state index in [-0.39, 0.29) is 5.78 Å². The maximum atomic E-state index is 11.7. The lowest BCUT2D eigenvalue weighted by molar-refractivity contribution is 0.101. The predicted molar refractivity (Wildman–Crippen MR) is 72.0 cm³/mol. The van der Waals surface area contributed by atoms with Crippen molar-refractivity contribution >= 4 is 28.3 Å². The summed E-state index contributed by atoms with van der Waals surface area (Å²) in [5.74, 6) is 0.0266. The van der Waals surface area contributed by atoms with Crippen LogP contribution in [0.25, 0.3) is 10.9 Å². The third kappa shape index (κ3) is 1.98. The topological polar surface area (TPSA) is 22.0 Å². The Balaban J connectivity index is 2.83. The number of hydrogen-bond acceptors (Lipinski definition) is 1. The van der Waals surface area contributed by atoms with Crippen LogP contribution in [0.5, 0.6) is 0 Å². The van der Waals surface area contributed by atoms with Crippen molar-refractivity contribution in [1.29, 1.82) is 0 Å². The Morgan fingerprint density at radius 3 is 2.71 bits per heavy atom. The molecule has 0 atom stereocenters. The molecule has 0 amide bonds. The van der Waals surface area contributed by atoms with Crippen molar-refractivity contribution in [3.8, 4) is 0 Å². The zero-order chi connectivity index (χ0) is 12.6. The van der Waals surface area contributed by atoms with Crippen molar-refractivity contribution in [3.63, 3.8) is 0 Å². The lowest BCUT2D eigenvalue weighted by Gasteiger charge is -2.05. The van der Waals surface area contributed by atoms with Gasteiger partial charge in [0.1, 0.15) is 5.15 Å². The first-order valence-corrected chi connectivity index (χ1v) is 6.23. The standard InChI is InChI=1S/C14H16ClNO/c1-4-7-16-12-8-9(2)5-6-11(12)13(10(3)17)14(16)15/h5-6,8H,4,7H2,1-3H3. The molecule has 0 spiro atoms. The number of hydrogen-bond donors (Lipinski definition) is 0. The van der Waals surface area contributed by atoms with Crippen molar-refractivity contribution in [1.82, 2.24) is 4.57 Å². The highest BCUT2D eigenvalue weighted by atomic mass is 35.5. The summed E-state index contributed by atoms with van der Waals surface area (Å²) in [6.45, 7) is 6.55. The third-order valence-corrected chi connectivity index (χ3v) is 3.35. The molecule has 0 radical (unpaired) electrons. The number of carbonyl (C=O) groups excluding carboxylic acids is 1. The average molecular weight is 250 g/mol. The summed E-state index contributed by atoms with van der Waals surface area (Å²) in [5, 5.41) is 1.53. The van der Waals surface area contributed by atoms with E-state index >= 15 is 0 Å². The van der Waals surface area contributed by atoms with Crippen LogP contribution < -0.4 is 0 Å². The largest absolute Gasteiger partial charge is 0.331 e. The van der Waals surface area contributed by atoms with Crippen LogP contribution in [0, 0.1) is 6.92 Å². The Morgan fingerprint density at radius 1 is 1.41 bits per heavy atom. The van der Waals surface area contributed by atoms with E-state index in [1.165, 1.54) is 5.56 Å². The monoisotopic (exact) mass is 249 g/mol. The summed E-state index contributed by atoms with van der Waals surface area (Å²) in [7, 11) is 0. The molecule has 2 rings (SSSR count). The number of fused-ring (bicyclic) bond motifs is 1. The van der Waals surface area contributed by atoms with Gasteiger partial charge < -0.3 is 4.57 Å². The zero-order valence-corrected chi connectivity index (χ0v) is 11.1. The average Bonchev–Trinajstić information content (AvgIpc) is 2.53. The minimum atomic E-state index is 0.0266. The molecule has 2 aromatic rings. The zero-order valence-electron chi connectivity index (χ0n) is 10.4. The van der Waals surface area contributed by atoms with Gasteiger partial charge in [-0.25, -0.2) is 0 Å². The smallest absolute Gasteiger partial charge is 0.163 e. The van der Waals surface area contributed by atoms with Gasteiger partial charge in [-0.3, -0.25) is 4.79 Å². The summed E-state index contributed by atoms with van der Waals surface area (Å²) < 4.78 is 2.03. The minimum absolute atomic E-state index is 0.0266. The van der Waals surface area contributed by atoms with Crippen LogP contribution in [-0.2, 0) is 6.54 Å². The molecule has 17 heavy (non-hydrogen) atoms. The number of halogens is 1. The summed E-state index contributed by atoms with van der Waals surface area (Å²) >= 11 is 6.32. The highest BCUT2D eigenvalue weighted by Crippen LogP contribution is 2.31. The van der Waals surface area contributed by atoms with E-state index < -0.39 is 0 Å². The lowest BCUT2D eigenvalue weighted by atomic mass is 10.1. The quantitative estimate of drug-likeness (QED) is 0.747. The van der Waals surface area contributed by atoms with Crippen LogP contribution in [-0.4, -0.2) is 10.4 Å². The van der Waals surface area contributed by atoms with Crippen LogP contribution in [0.3, 0.4) is 0 Å². The van der Waals surface area contributed by atoms with Crippen LogP contribution >= 0.6 is 11.6 Å². The number of rotatable bonds is 3. The first-order chi connectivity index (χ1) is 8.06. The fraction of sp³-hybridized carbons (Fsp3) is 0.357. The van der Waals surface area contributed by atoms with E-state index in [1.807, 2.05) is 23.6 Å². The molecule has 0 aliphatic heterocycles. The van der Waals surface area contributed by atoms with Crippen molar-refractivity contribution < 1.29 is 4.79 Å². The van der Waals surface area contributed by atoms with Gasteiger partial charge in [-0.15, -0.1) is 0 Å². The molecule has 0 aliphatic carbocycles.